The van der Waals surface area contributed by atoms with E-state index in [0.29, 0.717) is 13.0 Å². The number of carbonyl (C=O) groups excluding carboxylic acids is 1. The summed E-state index contributed by atoms with van der Waals surface area (Å²) in [6.45, 7) is 3.72. The van der Waals surface area contributed by atoms with Crippen LogP contribution in [0.5, 0.6) is 0 Å². The quantitative estimate of drug-likeness (QED) is 0.308. The second-order valence-electron chi connectivity index (χ2n) is 1.91. The van der Waals surface area contributed by atoms with Gasteiger partial charge in [-0.3, -0.25) is 8.98 Å². The molecule has 0 saturated carbocycles. The number of nitrogens with one attached hydrogen (secondary N) is 1. The molecule has 7 heteroatoms. The minimum atomic E-state index is -2.77. The van der Waals surface area contributed by atoms with Crippen LogP contribution in [-0.4, -0.2) is 27.5 Å². The summed E-state index contributed by atoms with van der Waals surface area (Å²) in [6, 6.07) is 0. The van der Waals surface area contributed by atoms with Crippen molar-refractivity contribution in [1.29, 1.82) is 0 Å². The number of hydrogen-bond donors (Lipinski definition) is 3. The predicted octanol–water partition coefficient (Wildman–Crippen LogP) is -0.616. The Morgan fingerprint density at radius 3 is 2.62 bits per heavy atom. The van der Waals surface area contributed by atoms with Crippen LogP contribution in [0.1, 0.15) is 6.42 Å². The first-order valence-electron chi connectivity index (χ1n) is 3.34. The number of thiol groups is 1. The smallest absolute Gasteiger partial charge is 0.257 e. The molecule has 1 amide bonds. The van der Waals surface area contributed by atoms with Crippen molar-refractivity contribution in [2.75, 3.05) is 13.2 Å². The summed E-state index contributed by atoms with van der Waals surface area (Å²) in [4.78, 5) is 10.5. The van der Waals surface area contributed by atoms with Crippen molar-refractivity contribution < 1.29 is 17.4 Å². The third-order valence-corrected chi connectivity index (χ3v) is 1.40. The average molecular weight is 210 g/mol. The van der Waals surface area contributed by atoms with E-state index in [1.165, 1.54) is 0 Å². The van der Waals surface area contributed by atoms with Crippen LogP contribution in [0.15, 0.2) is 12.7 Å². The maximum atomic E-state index is 10.5. The van der Waals surface area contributed by atoms with Gasteiger partial charge in [0.25, 0.3) is 11.0 Å². The second-order valence-corrected chi connectivity index (χ2v) is 2.61. The van der Waals surface area contributed by atoms with Crippen LogP contribution in [0, 0.1) is 0 Å². The number of amides is 1. The normalized spacial score (nSPS) is 9.00. The molecule has 78 valence electrons. The van der Waals surface area contributed by atoms with Crippen LogP contribution >= 0.6 is 0 Å². The van der Waals surface area contributed by atoms with Gasteiger partial charge in [-0.05, 0) is 12.5 Å². The molecule has 0 rings (SSSR count). The summed E-state index contributed by atoms with van der Waals surface area (Å²) in [5.41, 5.74) is 0. The zero-order valence-electron chi connectivity index (χ0n) is 7.19. The molecule has 13 heavy (non-hydrogen) atoms. The van der Waals surface area contributed by atoms with E-state index >= 15 is 0 Å². The maximum Gasteiger partial charge on any atom is 0.257 e. The molecule has 0 aliphatic carbocycles. The highest BCUT2D eigenvalue weighted by atomic mass is 32.2. The van der Waals surface area contributed by atoms with E-state index in [-0.39, 0.29) is 18.7 Å². The Morgan fingerprint density at radius 2 is 2.15 bits per heavy atom. The van der Waals surface area contributed by atoms with Crippen molar-refractivity contribution >= 4 is 16.9 Å². The van der Waals surface area contributed by atoms with Gasteiger partial charge in [0, 0.05) is 6.54 Å². The highest BCUT2D eigenvalue weighted by molar-refractivity contribution is 7.67. The van der Waals surface area contributed by atoms with Crippen LogP contribution in [0.2, 0.25) is 0 Å². The zero-order chi connectivity index (χ0) is 9.40. The van der Waals surface area contributed by atoms with E-state index in [4.69, 9.17) is 0 Å². The summed E-state index contributed by atoms with van der Waals surface area (Å²) in [5, 5.41) is 2.47. The SMILES string of the molecule is C=CC(=O)NCCCO[SH](=O)=O.N. The van der Waals surface area contributed by atoms with Gasteiger partial charge in [0.1, 0.15) is 0 Å². The lowest BCUT2D eigenvalue weighted by atomic mass is 10.4. The van der Waals surface area contributed by atoms with Crippen LogP contribution in [0.4, 0.5) is 0 Å². The van der Waals surface area contributed by atoms with Crippen molar-refractivity contribution in [3.05, 3.63) is 12.7 Å². The number of hydrogen-bond acceptors (Lipinski definition) is 5. The third-order valence-electron chi connectivity index (χ3n) is 1.00. The highest BCUT2D eigenvalue weighted by Crippen LogP contribution is 1.80. The van der Waals surface area contributed by atoms with E-state index in [0.717, 1.165) is 6.08 Å². The molecule has 0 bridgehead atoms. The van der Waals surface area contributed by atoms with E-state index in [9.17, 15) is 13.2 Å². The van der Waals surface area contributed by atoms with Gasteiger partial charge >= 0.3 is 0 Å². The molecule has 0 aromatic rings. The van der Waals surface area contributed by atoms with E-state index in [1.807, 2.05) is 0 Å². The molecule has 0 spiro atoms. The number of rotatable bonds is 6. The molecule has 0 saturated heterocycles. The van der Waals surface area contributed by atoms with Crippen molar-refractivity contribution in [2.45, 2.75) is 6.42 Å². The lowest BCUT2D eigenvalue weighted by Gasteiger charge is -1.99. The first-order valence-corrected chi connectivity index (χ1v) is 4.44. The number of carbonyl (C=O) groups is 1. The molecule has 0 heterocycles. The van der Waals surface area contributed by atoms with Gasteiger partial charge in [-0.15, -0.1) is 0 Å². The zero-order valence-corrected chi connectivity index (χ0v) is 8.09. The summed E-state index contributed by atoms with van der Waals surface area (Å²) >= 11 is 0. The second kappa shape index (κ2) is 9.17. The van der Waals surface area contributed by atoms with Crippen molar-refractivity contribution in [3.63, 3.8) is 0 Å². The van der Waals surface area contributed by atoms with E-state index < -0.39 is 11.0 Å². The third kappa shape index (κ3) is 11.1. The fourth-order valence-electron chi connectivity index (χ4n) is 0.495. The van der Waals surface area contributed by atoms with Crippen LogP contribution in [-0.2, 0) is 20.0 Å². The lowest BCUT2D eigenvalue weighted by molar-refractivity contribution is -0.116. The minimum Gasteiger partial charge on any atom is -0.352 e. The van der Waals surface area contributed by atoms with Gasteiger partial charge < -0.3 is 11.5 Å². The summed E-state index contributed by atoms with van der Waals surface area (Å²) in [6.07, 6.45) is 1.61. The van der Waals surface area contributed by atoms with Gasteiger partial charge in [-0.1, -0.05) is 6.58 Å². The molecule has 6 nitrogen and oxygen atoms in total. The van der Waals surface area contributed by atoms with E-state index in [1.54, 1.807) is 0 Å². The topological polar surface area (TPSA) is 107 Å². The van der Waals surface area contributed by atoms with Crippen LogP contribution < -0.4 is 11.5 Å². The van der Waals surface area contributed by atoms with Gasteiger partial charge in [-0.2, -0.15) is 0 Å². The molecule has 0 radical (unpaired) electrons. The molecule has 0 aliphatic heterocycles. The Balaban J connectivity index is 0. The molecular formula is C6H14N2O4S. The molecule has 4 N–H and O–H groups in total. The lowest BCUT2D eigenvalue weighted by Crippen LogP contribution is -2.22. The Bertz CT molecular complexity index is 219. The Kier molecular flexibility index (Phi) is 10.3. The predicted molar refractivity (Wildman–Crippen MR) is 49.1 cm³/mol. The fraction of sp³-hybridized carbons (Fsp3) is 0.500. The molecule has 0 fully saturated rings. The largest absolute Gasteiger partial charge is 0.352 e. The standard InChI is InChI=1S/C6H11NO4S.H3N/c1-2-6(8)7-4-3-5-11-12(9)10;/h2,12H,1,3-5H2,(H,7,8);1H3. The first kappa shape index (κ1) is 14.6. The van der Waals surface area contributed by atoms with Crippen LogP contribution in [0.25, 0.3) is 0 Å². The average Bonchev–Trinajstić information content (AvgIpc) is 2.03. The molecule has 0 atom stereocenters. The Hall–Kier alpha value is -0.920. The first-order chi connectivity index (χ1) is 5.66. The van der Waals surface area contributed by atoms with E-state index in [2.05, 4.69) is 16.1 Å². The molecule has 0 aliphatic rings. The fourth-order valence-corrected chi connectivity index (χ4v) is 0.773. The van der Waals surface area contributed by atoms with Gasteiger partial charge in [0.05, 0.1) is 6.61 Å². The molecule has 0 unspecified atom stereocenters. The van der Waals surface area contributed by atoms with Crippen molar-refractivity contribution in [3.8, 4) is 0 Å². The monoisotopic (exact) mass is 210 g/mol. The van der Waals surface area contributed by atoms with Crippen molar-refractivity contribution in [2.24, 2.45) is 0 Å². The van der Waals surface area contributed by atoms with Gasteiger partial charge in [-0.25, -0.2) is 8.42 Å². The van der Waals surface area contributed by atoms with Crippen LogP contribution in [0.3, 0.4) is 0 Å². The van der Waals surface area contributed by atoms with Crippen molar-refractivity contribution in [1.82, 2.24) is 11.5 Å². The van der Waals surface area contributed by atoms with Gasteiger partial charge in [0.15, 0.2) is 0 Å². The molecular weight excluding hydrogens is 196 g/mol. The maximum absolute atomic E-state index is 10.5. The van der Waals surface area contributed by atoms with Gasteiger partial charge in [0.2, 0.25) is 5.91 Å². The highest BCUT2D eigenvalue weighted by Gasteiger charge is 1.92. The minimum absolute atomic E-state index is 0. The molecule has 0 aromatic heterocycles. The Morgan fingerprint density at radius 1 is 1.54 bits per heavy atom. The summed E-state index contributed by atoms with van der Waals surface area (Å²) in [7, 11) is -2.77. The Labute approximate surface area is 78.7 Å². The molecule has 0 aromatic carbocycles. The summed E-state index contributed by atoms with van der Waals surface area (Å²) < 4.78 is 24.0. The summed E-state index contributed by atoms with van der Waals surface area (Å²) in [5.74, 6) is -0.276.